The Labute approximate surface area is 69.9 Å². The van der Waals surface area contributed by atoms with Crippen molar-refractivity contribution in [3.05, 3.63) is 36.1 Å². The Morgan fingerprint density at radius 3 is 2.25 bits per heavy atom. The topological polar surface area (TPSA) is 64.2 Å². The molecule has 62 valence electrons. The Morgan fingerprint density at radius 2 is 2.00 bits per heavy atom. The van der Waals surface area contributed by atoms with E-state index >= 15 is 0 Å². The summed E-state index contributed by atoms with van der Waals surface area (Å²) in [6, 6.07) is 1.60. The molecule has 0 unspecified atom stereocenters. The standard InChI is InChI=1S/C7H7BFNO2/c1-5(4-10)3-7(6(2)9)8(11)12/h3,11-12H,1-2H2/b7-3+. The Hall–Kier alpha value is -1.38. The van der Waals surface area contributed by atoms with Gasteiger partial charge in [-0.05, 0) is 6.08 Å². The summed E-state index contributed by atoms with van der Waals surface area (Å²) >= 11 is 0. The zero-order valence-corrected chi connectivity index (χ0v) is 6.29. The minimum atomic E-state index is -1.98. The van der Waals surface area contributed by atoms with E-state index in [9.17, 15) is 4.39 Å². The van der Waals surface area contributed by atoms with Crippen molar-refractivity contribution in [3.63, 3.8) is 0 Å². The monoisotopic (exact) mass is 167 g/mol. The molecule has 2 N–H and O–H groups in total. The first kappa shape index (κ1) is 10.6. The largest absolute Gasteiger partial charge is 0.491 e. The van der Waals surface area contributed by atoms with Gasteiger partial charge in [0.05, 0.1) is 6.07 Å². The van der Waals surface area contributed by atoms with E-state index in [0.29, 0.717) is 0 Å². The fourth-order valence-corrected chi connectivity index (χ4v) is 0.513. The van der Waals surface area contributed by atoms with Crippen molar-refractivity contribution in [1.82, 2.24) is 0 Å². The van der Waals surface area contributed by atoms with Crippen LogP contribution in [0.3, 0.4) is 0 Å². The van der Waals surface area contributed by atoms with E-state index < -0.39 is 18.4 Å². The first-order valence-corrected chi connectivity index (χ1v) is 3.00. The Morgan fingerprint density at radius 1 is 1.50 bits per heavy atom. The number of allylic oxidation sites excluding steroid dienone is 4. The van der Waals surface area contributed by atoms with Gasteiger partial charge in [-0.15, -0.1) is 0 Å². The highest BCUT2D eigenvalue weighted by Crippen LogP contribution is 2.12. The highest BCUT2D eigenvalue weighted by Gasteiger charge is 2.17. The van der Waals surface area contributed by atoms with Crippen molar-refractivity contribution in [1.29, 1.82) is 5.26 Å². The highest BCUT2D eigenvalue weighted by molar-refractivity contribution is 6.52. The molecule has 0 bridgehead atoms. The van der Waals surface area contributed by atoms with Crippen LogP contribution < -0.4 is 0 Å². The average molecular weight is 167 g/mol. The van der Waals surface area contributed by atoms with Crippen LogP contribution in [0.4, 0.5) is 4.39 Å². The summed E-state index contributed by atoms with van der Waals surface area (Å²) in [5, 5.41) is 25.4. The first-order valence-electron chi connectivity index (χ1n) is 3.00. The smallest absolute Gasteiger partial charge is 0.423 e. The average Bonchev–Trinajstić information content (AvgIpc) is 1.98. The van der Waals surface area contributed by atoms with Gasteiger partial charge in [0.25, 0.3) is 0 Å². The second-order valence-corrected chi connectivity index (χ2v) is 2.02. The number of rotatable bonds is 3. The first-order chi connectivity index (χ1) is 5.49. The summed E-state index contributed by atoms with van der Waals surface area (Å²) in [5.41, 5.74) is -0.529. The molecule has 0 fully saturated rings. The van der Waals surface area contributed by atoms with Crippen molar-refractivity contribution in [2.45, 2.75) is 0 Å². The lowest BCUT2D eigenvalue weighted by atomic mass is 9.78. The van der Waals surface area contributed by atoms with Gasteiger partial charge in [-0.1, -0.05) is 13.2 Å². The van der Waals surface area contributed by atoms with Crippen LogP contribution in [-0.4, -0.2) is 17.2 Å². The molecule has 0 saturated heterocycles. The molecule has 0 rings (SSSR count). The molecule has 0 atom stereocenters. The fraction of sp³-hybridized carbons (Fsp3) is 0. The van der Waals surface area contributed by atoms with Gasteiger partial charge >= 0.3 is 7.12 Å². The molecular weight excluding hydrogens is 160 g/mol. The number of hydrogen-bond donors (Lipinski definition) is 2. The molecule has 0 aromatic carbocycles. The van der Waals surface area contributed by atoms with Gasteiger partial charge in [0.15, 0.2) is 0 Å². The van der Waals surface area contributed by atoms with Crippen LogP contribution in [0.5, 0.6) is 0 Å². The van der Waals surface area contributed by atoms with Gasteiger partial charge in [-0.25, -0.2) is 4.39 Å². The fourth-order valence-electron chi connectivity index (χ4n) is 0.513. The Balaban J connectivity index is 4.77. The number of nitrogens with zero attached hydrogens (tertiary/aromatic N) is 1. The molecule has 0 aromatic rings. The van der Waals surface area contributed by atoms with Gasteiger partial charge in [0.2, 0.25) is 0 Å². The molecule has 5 heteroatoms. The van der Waals surface area contributed by atoms with Gasteiger partial charge in [-0.2, -0.15) is 5.26 Å². The van der Waals surface area contributed by atoms with Crippen LogP contribution >= 0.6 is 0 Å². The zero-order chi connectivity index (χ0) is 9.72. The van der Waals surface area contributed by atoms with Crippen LogP contribution in [0.2, 0.25) is 0 Å². The molecule has 0 amide bonds. The molecule has 3 nitrogen and oxygen atoms in total. The van der Waals surface area contributed by atoms with Crippen LogP contribution in [0.15, 0.2) is 36.1 Å². The molecule has 0 saturated carbocycles. The third-order valence-electron chi connectivity index (χ3n) is 1.06. The molecule has 0 heterocycles. The summed E-state index contributed by atoms with van der Waals surface area (Å²) in [6.45, 7) is 6.07. The highest BCUT2D eigenvalue weighted by atomic mass is 19.1. The molecule has 0 aliphatic carbocycles. The lowest BCUT2D eigenvalue weighted by molar-refractivity contribution is 0.416. The second kappa shape index (κ2) is 4.49. The summed E-state index contributed by atoms with van der Waals surface area (Å²) in [7, 11) is -1.98. The summed E-state index contributed by atoms with van der Waals surface area (Å²) in [5.74, 6) is -0.999. The lowest BCUT2D eigenvalue weighted by Crippen LogP contribution is -2.15. The molecule has 12 heavy (non-hydrogen) atoms. The second-order valence-electron chi connectivity index (χ2n) is 2.02. The van der Waals surface area contributed by atoms with E-state index in [1.807, 2.05) is 0 Å². The predicted molar refractivity (Wildman–Crippen MR) is 43.3 cm³/mol. The SMILES string of the molecule is C=C(C#N)/C=C(/B(O)O)C(=C)F. The van der Waals surface area contributed by atoms with Gasteiger partial charge in [0.1, 0.15) is 5.83 Å². The molecule has 0 aliphatic heterocycles. The summed E-state index contributed by atoms with van der Waals surface area (Å²) in [6.07, 6.45) is 0.924. The van der Waals surface area contributed by atoms with E-state index in [4.69, 9.17) is 15.3 Å². The minimum Gasteiger partial charge on any atom is -0.423 e. The number of nitriles is 1. The molecule has 0 spiro atoms. The van der Waals surface area contributed by atoms with Crippen LogP contribution in [0.25, 0.3) is 0 Å². The molecule has 0 radical (unpaired) electrons. The zero-order valence-electron chi connectivity index (χ0n) is 6.29. The Kier molecular flexibility index (Phi) is 3.98. The Bertz CT molecular complexity index is 278. The van der Waals surface area contributed by atoms with Crippen molar-refractivity contribution in [2.24, 2.45) is 0 Å². The number of halogens is 1. The van der Waals surface area contributed by atoms with Gasteiger partial charge in [-0.3, -0.25) is 0 Å². The third kappa shape index (κ3) is 3.15. The van der Waals surface area contributed by atoms with E-state index in [1.165, 1.54) is 0 Å². The number of hydrogen-bond acceptors (Lipinski definition) is 3. The minimum absolute atomic E-state index is 0.0723. The van der Waals surface area contributed by atoms with Crippen molar-refractivity contribution in [2.75, 3.05) is 0 Å². The maximum Gasteiger partial charge on any atom is 0.491 e. The molecule has 0 aromatic heterocycles. The normalized spacial score (nSPS) is 10.3. The van der Waals surface area contributed by atoms with Gasteiger partial charge in [0, 0.05) is 11.0 Å². The van der Waals surface area contributed by atoms with Gasteiger partial charge < -0.3 is 10.0 Å². The maximum atomic E-state index is 12.4. The van der Waals surface area contributed by atoms with E-state index in [2.05, 4.69) is 13.2 Å². The van der Waals surface area contributed by atoms with Crippen molar-refractivity contribution >= 4 is 7.12 Å². The quantitative estimate of drug-likeness (QED) is 0.365. The maximum absolute atomic E-state index is 12.4. The summed E-state index contributed by atoms with van der Waals surface area (Å²) < 4.78 is 12.4. The lowest BCUT2D eigenvalue weighted by Gasteiger charge is -2.00. The van der Waals surface area contributed by atoms with Crippen LogP contribution in [0.1, 0.15) is 0 Å². The van der Waals surface area contributed by atoms with E-state index in [0.717, 1.165) is 6.08 Å². The van der Waals surface area contributed by atoms with E-state index in [1.54, 1.807) is 6.07 Å². The molecular formula is C7H7BFNO2. The van der Waals surface area contributed by atoms with E-state index in [-0.39, 0.29) is 5.57 Å². The third-order valence-corrected chi connectivity index (χ3v) is 1.06. The van der Waals surface area contributed by atoms with Crippen molar-refractivity contribution in [3.8, 4) is 6.07 Å². The van der Waals surface area contributed by atoms with Crippen LogP contribution in [0, 0.1) is 11.3 Å². The predicted octanol–water partition coefficient (Wildman–Crippen LogP) is 0.488. The van der Waals surface area contributed by atoms with Crippen molar-refractivity contribution < 1.29 is 14.4 Å². The van der Waals surface area contributed by atoms with Crippen LogP contribution in [-0.2, 0) is 0 Å². The molecule has 0 aliphatic rings. The summed E-state index contributed by atoms with van der Waals surface area (Å²) in [4.78, 5) is 0.